The number of methoxy groups -OCH3 is 2. The highest BCUT2D eigenvalue weighted by molar-refractivity contribution is 5.39. The predicted octanol–water partition coefficient (Wildman–Crippen LogP) is 2.24. The molecule has 1 aromatic carbocycles. The minimum absolute atomic E-state index is 0.534. The molecule has 0 amide bonds. The lowest BCUT2D eigenvalue weighted by atomic mass is 10.2. The van der Waals surface area contributed by atoms with E-state index in [1.165, 1.54) is 0 Å². The first-order valence-electron chi connectivity index (χ1n) is 4.60. The van der Waals surface area contributed by atoms with Gasteiger partial charge in [0.15, 0.2) is 0 Å². The molecule has 14 heavy (non-hydrogen) atoms. The second-order valence-corrected chi connectivity index (χ2v) is 2.84. The van der Waals surface area contributed by atoms with Gasteiger partial charge in [-0.05, 0) is 25.1 Å². The molecule has 3 nitrogen and oxygen atoms in total. The maximum atomic E-state index is 5.45. The Morgan fingerprint density at radius 2 is 2.00 bits per heavy atom. The SMILES string of the molecule is CCOc1ccc(OC)cc1COC. The summed E-state index contributed by atoms with van der Waals surface area (Å²) >= 11 is 0. The average Bonchev–Trinajstić information content (AvgIpc) is 2.21. The van der Waals surface area contributed by atoms with Crippen molar-refractivity contribution < 1.29 is 14.2 Å². The number of rotatable bonds is 5. The second-order valence-electron chi connectivity index (χ2n) is 2.84. The number of benzene rings is 1. The molecule has 0 aromatic heterocycles. The van der Waals surface area contributed by atoms with Crippen molar-refractivity contribution in [2.45, 2.75) is 13.5 Å². The third kappa shape index (κ3) is 2.64. The summed E-state index contributed by atoms with van der Waals surface area (Å²) in [6, 6.07) is 5.70. The zero-order valence-electron chi connectivity index (χ0n) is 8.87. The van der Waals surface area contributed by atoms with E-state index < -0.39 is 0 Å². The lowest BCUT2D eigenvalue weighted by Crippen LogP contribution is -1.98. The molecule has 0 spiro atoms. The van der Waals surface area contributed by atoms with Gasteiger partial charge in [-0.15, -0.1) is 0 Å². The van der Waals surface area contributed by atoms with Crippen molar-refractivity contribution in [3.05, 3.63) is 23.8 Å². The molecule has 0 bridgehead atoms. The number of ether oxygens (including phenoxy) is 3. The van der Waals surface area contributed by atoms with Crippen LogP contribution in [0.3, 0.4) is 0 Å². The predicted molar refractivity (Wildman–Crippen MR) is 54.9 cm³/mol. The summed E-state index contributed by atoms with van der Waals surface area (Å²) in [6.45, 7) is 3.15. The Labute approximate surface area is 84.6 Å². The maximum absolute atomic E-state index is 5.45. The molecule has 78 valence electrons. The van der Waals surface area contributed by atoms with Crippen LogP contribution in [0, 0.1) is 0 Å². The molecule has 0 saturated carbocycles. The zero-order chi connectivity index (χ0) is 10.4. The Morgan fingerprint density at radius 3 is 2.57 bits per heavy atom. The highest BCUT2D eigenvalue weighted by Gasteiger charge is 2.04. The molecule has 1 aromatic rings. The van der Waals surface area contributed by atoms with Gasteiger partial charge in [0.05, 0.1) is 20.3 Å². The molecular weight excluding hydrogens is 180 g/mol. The van der Waals surface area contributed by atoms with Crippen LogP contribution in [0.5, 0.6) is 11.5 Å². The van der Waals surface area contributed by atoms with Gasteiger partial charge in [-0.3, -0.25) is 0 Å². The summed E-state index contributed by atoms with van der Waals surface area (Å²) in [5.41, 5.74) is 1.01. The normalized spacial score (nSPS) is 9.93. The summed E-state index contributed by atoms with van der Waals surface area (Å²) in [5.74, 6) is 1.68. The van der Waals surface area contributed by atoms with Crippen molar-refractivity contribution in [2.75, 3.05) is 20.8 Å². The zero-order valence-corrected chi connectivity index (χ0v) is 8.87. The van der Waals surface area contributed by atoms with E-state index in [0.29, 0.717) is 13.2 Å². The molecule has 0 unspecified atom stereocenters. The fourth-order valence-electron chi connectivity index (χ4n) is 1.25. The fourth-order valence-corrected chi connectivity index (χ4v) is 1.25. The van der Waals surface area contributed by atoms with Crippen LogP contribution in [-0.4, -0.2) is 20.8 Å². The maximum Gasteiger partial charge on any atom is 0.125 e. The Kier molecular flexibility index (Phi) is 4.26. The first-order valence-corrected chi connectivity index (χ1v) is 4.60. The van der Waals surface area contributed by atoms with Crippen LogP contribution in [-0.2, 0) is 11.3 Å². The van der Waals surface area contributed by atoms with E-state index in [0.717, 1.165) is 17.1 Å². The van der Waals surface area contributed by atoms with E-state index in [9.17, 15) is 0 Å². The second kappa shape index (κ2) is 5.50. The number of hydrogen-bond acceptors (Lipinski definition) is 3. The lowest BCUT2D eigenvalue weighted by molar-refractivity contribution is 0.180. The molecule has 0 heterocycles. The van der Waals surface area contributed by atoms with Crippen LogP contribution in [0.1, 0.15) is 12.5 Å². The molecular formula is C11H16O3. The van der Waals surface area contributed by atoms with E-state index in [1.807, 2.05) is 25.1 Å². The molecule has 0 atom stereocenters. The molecule has 0 saturated heterocycles. The molecule has 0 N–H and O–H groups in total. The van der Waals surface area contributed by atoms with Crippen LogP contribution in [0.2, 0.25) is 0 Å². The summed E-state index contributed by atoms with van der Waals surface area (Å²) in [4.78, 5) is 0. The highest BCUT2D eigenvalue weighted by Crippen LogP contribution is 2.24. The van der Waals surface area contributed by atoms with Gasteiger partial charge in [-0.25, -0.2) is 0 Å². The van der Waals surface area contributed by atoms with Crippen molar-refractivity contribution in [1.29, 1.82) is 0 Å². The lowest BCUT2D eigenvalue weighted by Gasteiger charge is -2.10. The van der Waals surface area contributed by atoms with Gasteiger partial charge in [0.25, 0.3) is 0 Å². The van der Waals surface area contributed by atoms with Crippen molar-refractivity contribution in [1.82, 2.24) is 0 Å². The van der Waals surface area contributed by atoms with Crippen LogP contribution >= 0.6 is 0 Å². The molecule has 0 aliphatic carbocycles. The van der Waals surface area contributed by atoms with Gasteiger partial charge < -0.3 is 14.2 Å². The summed E-state index contributed by atoms with van der Waals surface area (Å²) in [7, 11) is 3.31. The minimum atomic E-state index is 0.534. The van der Waals surface area contributed by atoms with Gasteiger partial charge in [0.2, 0.25) is 0 Å². The van der Waals surface area contributed by atoms with E-state index in [4.69, 9.17) is 14.2 Å². The monoisotopic (exact) mass is 196 g/mol. The smallest absolute Gasteiger partial charge is 0.125 e. The summed E-state index contributed by atoms with van der Waals surface area (Å²) < 4.78 is 15.7. The van der Waals surface area contributed by atoms with Crippen LogP contribution in [0.15, 0.2) is 18.2 Å². The topological polar surface area (TPSA) is 27.7 Å². The Bertz CT molecular complexity index is 284. The van der Waals surface area contributed by atoms with Crippen LogP contribution in [0.25, 0.3) is 0 Å². The van der Waals surface area contributed by atoms with E-state index in [1.54, 1.807) is 14.2 Å². The van der Waals surface area contributed by atoms with Gasteiger partial charge in [0, 0.05) is 12.7 Å². The van der Waals surface area contributed by atoms with Gasteiger partial charge in [-0.1, -0.05) is 0 Å². The summed E-state index contributed by atoms with van der Waals surface area (Å²) in [5, 5.41) is 0. The van der Waals surface area contributed by atoms with Crippen LogP contribution in [0.4, 0.5) is 0 Å². The van der Waals surface area contributed by atoms with E-state index in [-0.39, 0.29) is 0 Å². The third-order valence-corrected chi connectivity index (χ3v) is 1.87. The molecule has 0 aliphatic heterocycles. The third-order valence-electron chi connectivity index (χ3n) is 1.87. The van der Waals surface area contributed by atoms with Crippen molar-refractivity contribution >= 4 is 0 Å². The Balaban J connectivity index is 2.91. The first-order chi connectivity index (χ1) is 6.81. The molecule has 0 radical (unpaired) electrons. The van der Waals surface area contributed by atoms with Gasteiger partial charge in [0.1, 0.15) is 11.5 Å². The fraction of sp³-hybridized carbons (Fsp3) is 0.455. The van der Waals surface area contributed by atoms with Gasteiger partial charge >= 0.3 is 0 Å². The van der Waals surface area contributed by atoms with E-state index >= 15 is 0 Å². The standard InChI is InChI=1S/C11H16O3/c1-4-14-11-6-5-10(13-3)7-9(11)8-12-2/h5-7H,4,8H2,1-3H3. The van der Waals surface area contributed by atoms with Crippen molar-refractivity contribution in [3.8, 4) is 11.5 Å². The highest BCUT2D eigenvalue weighted by atomic mass is 16.5. The van der Waals surface area contributed by atoms with Crippen molar-refractivity contribution in [3.63, 3.8) is 0 Å². The summed E-state index contributed by atoms with van der Waals surface area (Å²) in [6.07, 6.45) is 0. The molecule has 0 aliphatic rings. The average molecular weight is 196 g/mol. The largest absolute Gasteiger partial charge is 0.497 e. The van der Waals surface area contributed by atoms with Gasteiger partial charge in [-0.2, -0.15) is 0 Å². The first kappa shape index (κ1) is 10.9. The molecule has 3 heteroatoms. The Hall–Kier alpha value is -1.22. The minimum Gasteiger partial charge on any atom is -0.497 e. The Morgan fingerprint density at radius 1 is 1.21 bits per heavy atom. The quantitative estimate of drug-likeness (QED) is 0.722. The van der Waals surface area contributed by atoms with E-state index in [2.05, 4.69) is 0 Å². The number of hydrogen-bond donors (Lipinski definition) is 0. The molecule has 0 fully saturated rings. The van der Waals surface area contributed by atoms with Crippen molar-refractivity contribution in [2.24, 2.45) is 0 Å². The molecule has 1 rings (SSSR count). The van der Waals surface area contributed by atoms with Crippen LogP contribution < -0.4 is 9.47 Å².